The number of amides is 1. The molecule has 0 aromatic heterocycles. The molecule has 0 aromatic rings. The second-order valence-corrected chi connectivity index (χ2v) is 8.63. The zero-order valence-electron chi connectivity index (χ0n) is 16.2. The lowest BCUT2D eigenvalue weighted by atomic mass is 9.50. The van der Waals surface area contributed by atoms with E-state index in [0.717, 1.165) is 30.6 Å². The monoisotopic (exact) mass is 329 g/mol. The Balaban J connectivity index is 0.000000815. The van der Waals surface area contributed by atoms with Gasteiger partial charge in [0.15, 0.2) is 0 Å². The van der Waals surface area contributed by atoms with Crippen LogP contribution < -0.4 is 5.32 Å². The highest BCUT2D eigenvalue weighted by atomic mass is 16.1. The number of hydrogen-bond acceptors (Lipinski definition) is 1. The molecule has 4 aliphatic rings. The van der Waals surface area contributed by atoms with Gasteiger partial charge in [-0.1, -0.05) is 45.4 Å². The largest absolute Gasteiger partial charge is 0.330 e. The summed E-state index contributed by atoms with van der Waals surface area (Å²) >= 11 is 0. The Kier molecular flexibility index (Phi) is 4.70. The van der Waals surface area contributed by atoms with Crippen molar-refractivity contribution in [3.8, 4) is 0 Å². The minimum Gasteiger partial charge on any atom is -0.330 e. The molecule has 2 heteroatoms. The maximum absolute atomic E-state index is 12.0. The van der Waals surface area contributed by atoms with Gasteiger partial charge in [0.1, 0.15) is 0 Å². The van der Waals surface area contributed by atoms with Crippen LogP contribution in [0.1, 0.15) is 79.6 Å². The Labute approximate surface area is 148 Å². The molecule has 24 heavy (non-hydrogen) atoms. The van der Waals surface area contributed by atoms with Crippen molar-refractivity contribution >= 4 is 5.91 Å². The maximum atomic E-state index is 12.0. The Hall–Kier alpha value is -1.05. The predicted octanol–water partition coefficient (Wildman–Crippen LogP) is 5.61. The quantitative estimate of drug-likeness (QED) is 0.575. The molecule has 1 heterocycles. The minimum absolute atomic E-state index is 0.201. The summed E-state index contributed by atoms with van der Waals surface area (Å²) in [7, 11) is 0. The van der Waals surface area contributed by atoms with E-state index in [1.54, 1.807) is 5.57 Å². The topological polar surface area (TPSA) is 29.1 Å². The van der Waals surface area contributed by atoms with E-state index in [4.69, 9.17) is 0 Å². The van der Waals surface area contributed by atoms with E-state index in [-0.39, 0.29) is 11.3 Å². The molecule has 0 bridgehead atoms. The molecule has 1 aliphatic heterocycles. The predicted molar refractivity (Wildman–Crippen MR) is 100 cm³/mol. The fraction of sp³-hybridized carbons (Fsp3) is 0.773. The normalized spacial score (nSPS) is 43.7. The van der Waals surface area contributed by atoms with Crippen LogP contribution in [0.25, 0.3) is 0 Å². The minimum atomic E-state index is 0.201. The molecular weight excluding hydrogens is 294 g/mol. The Bertz CT molecular complexity index is 575. The van der Waals surface area contributed by atoms with Crippen LogP contribution in [0.5, 0.6) is 0 Å². The van der Waals surface area contributed by atoms with E-state index in [1.165, 1.54) is 31.4 Å². The third-order valence-electron chi connectivity index (χ3n) is 7.81. The fourth-order valence-corrected chi connectivity index (χ4v) is 6.22. The molecule has 2 nitrogen and oxygen atoms in total. The van der Waals surface area contributed by atoms with Crippen molar-refractivity contribution in [1.82, 2.24) is 5.32 Å². The lowest BCUT2D eigenvalue weighted by Crippen LogP contribution is -2.49. The van der Waals surface area contributed by atoms with Crippen molar-refractivity contribution in [2.75, 3.05) is 0 Å². The number of carbonyl (C=O) groups excluding carboxylic acids is 1. The summed E-state index contributed by atoms with van der Waals surface area (Å²) in [6.07, 6.45) is 12.9. The van der Waals surface area contributed by atoms with Crippen molar-refractivity contribution in [2.24, 2.45) is 28.6 Å². The molecule has 1 saturated heterocycles. The van der Waals surface area contributed by atoms with Crippen molar-refractivity contribution in [3.05, 3.63) is 23.4 Å². The molecule has 4 rings (SSSR count). The molecule has 1 N–H and O–H groups in total. The zero-order valence-corrected chi connectivity index (χ0v) is 16.2. The van der Waals surface area contributed by atoms with Gasteiger partial charge < -0.3 is 5.32 Å². The van der Waals surface area contributed by atoms with Gasteiger partial charge >= 0.3 is 0 Å². The standard InChI is InChI=1S/C20H29NO.C2H6/c1-13-6-8-15-14-7-9-17-20(3,11-4-5-18(22)21-17)16(14)10-12-19(13,15)2;1-2/h6,9,14-16H,4-5,7-8,10-12H2,1-3H3,(H,21,22);1-2H3. The number of allylic oxidation sites excluding steroid dienone is 4. The molecule has 1 saturated carbocycles. The lowest BCUT2D eigenvalue weighted by Gasteiger charge is -2.55. The van der Waals surface area contributed by atoms with Crippen LogP contribution in [0.15, 0.2) is 23.4 Å². The maximum Gasteiger partial charge on any atom is 0.224 e. The molecule has 0 spiro atoms. The van der Waals surface area contributed by atoms with Gasteiger partial charge in [-0.05, 0) is 68.6 Å². The van der Waals surface area contributed by atoms with Gasteiger partial charge in [0.25, 0.3) is 0 Å². The van der Waals surface area contributed by atoms with Crippen molar-refractivity contribution in [3.63, 3.8) is 0 Å². The van der Waals surface area contributed by atoms with E-state index in [0.29, 0.717) is 11.8 Å². The summed E-state index contributed by atoms with van der Waals surface area (Å²) in [4.78, 5) is 12.0. The van der Waals surface area contributed by atoms with E-state index < -0.39 is 0 Å². The molecular formula is C22H35NO. The summed E-state index contributed by atoms with van der Waals surface area (Å²) < 4.78 is 0. The van der Waals surface area contributed by atoms with Crippen LogP contribution in [0.2, 0.25) is 0 Å². The third kappa shape index (κ3) is 2.48. The molecule has 2 fully saturated rings. The van der Waals surface area contributed by atoms with Gasteiger partial charge in [0.2, 0.25) is 5.91 Å². The van der Waals surface area contributed by atoms with Gasteiger partial charge in [-0.3, -0.25) is 4.79 Å². The summed E-state index contributed by atoms with van der Waals surface area (Å²) in [5.41, 5.74) is 3.52. The van der Waals surface area contributed by atoms with Crippen LogP contribution in [0.3, 0.4) is 0 Å². The van der Waals surface area contributed by atoms with Crippen LogP contribution in [0, 0.1) is 28.6 Å². The van der Waals surface area contributed by atoms with E-state index in [1.807, 2.05) is 13.8 Å². The van der Waals surface area contributed by atoms with Gasteiger partial charge in [-0.2, -0.15) is 0 Å². The molecule has 3 aliphatic carbocycles. The first-order valence-electron chi connectivity index (χ1n) is 10.1. The van der Waals surface area contributed by atoms with E-state index >= 15 is 0 Å². The number of nitrogens with one attached hydrogen (secondary N) is 1. The highest BCUT2D eigenvalue weighted by Gasteiger charge is 2.55. The van der Waals surface area contributed by atoms with Crippen molar-refractivity contribution in [2.45, 2.75) is 79.6 Å². The van der Waals surface area contributed by atoms with Gasteiger partial charge in [-0.25, -0.2) is 0 Å². The van der Waals surface area contributed by atoms with E-state index in [9.17, 15) is 4.79 Å². The summed E-state index contributed by atoms with van der Waals surface area (Å²) in [6.45, 7) is 11.3. The Morgan fingerprint density at radius 1 is 1.04 bits per heavy atom. The first-order chi connectivity index (χ1) is 11.4. The third-order valence-corrected chi connectivity index (χ3v) is 7.81. The summed E-state index contributed by atoms with van der Waals surface area (Å²) in [6, 6.07) is 0. The first kappa shape index (κ1) is 17.8. The number of rotatable bonds is 0. The van der Waals surface area contributed by atoms with Gasteiger partial charge in [0, 0.05) is 17.5 Å². The SMILES string of the molecule is CC.CC1=CCC2C3CC=C4NC(=O)CCCC4(C)C3CCC12C. The average Bonchev–Trinajstić information content (AvgIpc) is 2.78. The number of carbonyl (C=O) groups is 1. The second-order valence-electron chi connectivity index (χ2n) is 8.63. The van der Waals surface area contributed by atoms with Crippen LogP contribution in [-0.2, 0) is 4.79 Å². The smallest absolute Gasteiger partial charge is 0.224 e. The first-order valence-corrected chi connectivity index (χ1v) is 10.1. The van der Waals surface area contributed by atoms with Gasteiger partial charge in [0.05, 0.1) is 0 Å². The highest BCUT2D eigenvalue weighted by molar-refractivity contribution is 5.78. The Morgan fingerprint density at radius 3 is 2.54 bits per heavy atom. The highest BCUT2D eigenvalue weighted by Crippen LogP contribution is 2.63. The number of fused-ring (bicyclic) bond motifs is 5. The van der Waals surface area contributed by atoms with Crippen molar-refractivity contribution < 1.29 is 4.79 Å². The molecule has 0 radical (unpaired) electrons. The zero-order chi connectivity index (χ0) is 17.5. The molecule has 134 valence electrons. The number of hydrogen-bond donors (Lipinski definition) is 1. The van der Waals surface area contributed by atoms with E-state index in [2.05, 4.69) is 38.2 Å². The van der Waals surface area contributed by atoms with Crippen LogP contribution in [0.4, 0.5) is 0 Å². The lowest BCUT2D eigenvalue weighted by molar-refractivity contribution is -0.120. The van der Waals surface area contributed by atoms with Gasteiger partial charge in [-0.15, -0.1) is 0 Å². The second kappa shape index (κ2) is 6.35. The fourth-order valence-electron chi connectivity index (χ4n) is 6.22. The molecule has 0 aromatic carbocycles. The van der Waals surface area contributed by atoms with Crippen molar-refractivity contribution in [1.29, 1.82) is 0 Å². The Morgan fingerprint density at radius 2 is 1.79 bits per heavy atom. The molecule has 5 atom stereocenters. The summed E-state index contributed by atoms with van der Waals surface area (Å²) in [5.74, 6) is 2.60. The molecule has 1 amide bonds. The van der Waals surface area contributed by atoms with Crippen LogP contribution >= 0.6 is 0 Å². The summed E-state index contributed by atoms with van der Waals surface area (Å²) in [5, 5.41) is 3.24. The average molecular weight is 330 g/mol. The molecule has 5 unspecified atom stereocenters. The van der Waals surface area contributed by atoms with Crippen LogP contribution in [-0.4, -0.2) is 5.91 Å².